The lowest BCUT2D eigenvalue weighted by Gasteiger charge is -2.17. The first-order chi connectivity index (χ1) is 11.8. The minimum atomic E-state index is -0.979. The second-order valence-electron chi connectivity index (χ2n) is 6.02. The van der Waals surface area contributed by atoms with E-state index in [2.05, 4.69) is 22.2 Å². The number of allylic oxidation sites excluding steroid dienone is 1. The van der Waals surface area contributed by atoms with E-state index in [0.29, 0.717) is 6.42 Å². The van der Waals surface area contributed by atoms with Crippen LogP contribution in [0.15, 0.2) is 21.8 Å². The van der Waals surface area contributed by atoms with Crippen molar-refractivity contribution in [1.29, 1.82) is 0 Å². The number of carbonyl (C=O) groups excluding carboxylic acids is 2. The predicted molar refractivity (Wildman–Crippen MR) is 94.7 cm³/mol. The monoisotopic (exact) mass is 353 g/mol. The zero-order valence-corrected chi connectivity index (χ0v) is 15.5. The van der Waals surface area contributed by atoms with E-state index in [4.69, 9.17) is 14.2 Å². The number of hydrogen-bond donors (Lipinski definition) is 1. The van der Waals surface area contributed by atoms with Gasteiger partial charge >= 0.3 is 12.1 Å². The van der Waals surface area contributed by atoms with Gasteiger partial charge in [-0.15, -0.1) is 0 Å². The van der Waals surface area contributed by atoms with Gasteiger partial charge in [0.25, 0.3) is 0 Å². The molecule has 0 aromatic rings. The third-order valence-electron chi connectivity index (χ3n) is 3.41. The lowest BCUT2D eigenvalue weighted by atomic mass is 10.1. The minimum absolute atomic E-state index is 0.148. The number of nitrogens with zero attached hydrogens (tertiary/aromatic N) is 2. The number of methoxy groups -OCH3 is 1. The third-order valence-corrected chi connectivity index (χ3v) is 3.41. The first-order valence-corrected chi connectivity index (χ1v) is 8.26. The number of unbranched alkanes of at least 4 members (excludes halogenated alkanes) is 1. The molecule has 8 heteroatoms. The van der Waals surface area contributed by atoms with E-state index in [1.807, 2.05) is 19.2 Å². The van der Waals surface area contributed by atoms with Gasteiger partial charge in [0.2, 0.25) is 5.90 Å². The molecular weight excluding hydrogens is 326 g/mol. The van der Waals surface area contributed by atoms with Crippen molar-refractivity contribution in [3.8, 4) is 0 Å². The van der Waals surface area contributed by atoms with Crippen molar-refractivity contribution >= 4 is 24.2 Å². The normalized spacial score (nSPS) is 18.0. The van der Waals surface area contributed by atoms with Crippen LogP contribution >= 0.6 is 0 Å². The molecule has 0 aromatic heterocycles. The van der Waals surface area contributed by atoms with Gasteiger partial charge in [0.05, 0.1) is 0 Å². The summed E-state index contributed by atoms with van der Waals surface area (Å²) >= 11 is 0. The molecular formula is C17H27N3O5. The fraction of sp³-hybridized carbons (Fsp3) is 0.647. The maximum atomic E-state index is 11.9. The SMILES string of the molecule is C/C=C(/CC(NC(=O)OCOC)C1=NC(C)(C)C(=O)O1)N=CCCC. The largest absolute Gasteiger partial charge is 0.422 e. The highest BCUT2D eigenvalue weighted by molar-refractivity contribution is 6.02. The molecule has 0 aliphatic carbocycles. The molecule has 8 nitrogen and oxygen atoms in total. The van der Waals surface area contributed by atoms with Gasteiger partial charge in [0.15, 0.2) is 12.3 Å². The number of amides is 1. The quantitative estimate of drug-likeness (QED) is 0.390. The fourth-order valence-electron chi connectivity index (χ4n) is 1.97. The number of esters is 1. The average molecular weight is 353 g/mol. The highest BCUT2D eigenvalue weighted by atomic mass is 16.7. The number of ether oxygens (including phenoxy) is 3. The topological polar surface area (TPSA) is 98.6 Å². The van der Waals surface area contributed by atoms with E-state index >= 15 is 0 Å². The molecule has 1 aliphatic heterocycles. The Kier molecular flexibility index (Phi) is 8.27. The Labute approximate surface area is 148 Å². The second kappa shape index (κ2) is 9.93. The van der Waals surface area contributed by atoms with E-state index in [9.17, 15) is 9.59 Å². The van der Waals surface area contributed by atoms with Gasteiger partial charge in [0.1, 0.15) is 6.04 Å². The molecule has 1 aliphatic rings. The Morgan fingerprint density at radius 3 is 2.72 bits per heavy atom. The third kappa shape index (κ3) is 6.66. The summed E-state index contributed by atoms with van der Waals surface area (Å²) in [4.78, 5) is 32.4. The van der Waals surface area contributed by atoms with Gasteiger partial charge in [-0.2, -0.15) is 0 Å². The molecule has 0 bridgehead atoms. The molecule has 0 saturated carbocycles. The average Bonchev–Trinajstić information content (AvgIpc) is 2.84. The number of carbonyl (C=O) groups is 2. The van der Waals surface area contributed by atoms with Crippen LogP contribution in [0.4, 0.5) is 4.79 Å². The second-order valence-corrected chi connectivity index (χ2v) is 6.02. The molecule has 0 spiro atoms. The number of alkyl carbamates (subject to hydrolysis) is 1. The van der Waals surface area contributed by atoms with Crippen LogP contribution in [0.2, 0.25) is 0 Å². The molecule has 0 saturated heterocycles. The van der Waals surface area contributed by atoms with Crippen LogP contribution in [0.1, 0.15) is 47.0 Å². The standard InChI is InChI=1S/C17H27N3O5/c1-6-8-9-18-12(7-2)10-13(19-16(22)24-11-23-5)14-20-17(3,4)15(21)25-14/h7,9,13H,6,8,10-11H2,1-5H3,(H,19,22)/b12-7-,18-9?. The number of aliphatic imine (C=N–C) groups is 2. The summed E-state index contributed by atoms with van der Waals surface area (Å²) in [7, 11) is 1.41. The van der Waals surface area contributed by atoms with Crippen LogP contribution < -0.4 is 5.32 Å². The van der Waals surface area contributed by atoms with Crippen molar-refractivity contribution in [2.75, 3.05) is 13.9 Å². The van der Waals surface area contributed by atoms with Gasteiger partial charge in [-0.3, -0.25) is 4.99 Å². The molecule has 1 amide bonds. The van der Waals surface area contributed by atoms with Crippen LogP contribution in [0, 0.1) is 0 Å². The fourth-order valence-corrected chi connectivity index (χ4v) is 1.97. The van der Waals surface area contributed by atoms with Gasteiger partial charge in [-0.05, 0) is 27.2 Å². The molecule has 1 N–H and O–H groups in total. The summed E-state index contributed by atoms with van der Waals surface area (Å²) in [6.07, 6.45) is 5.13. The molecule has 0 aromatic carbocycles. The molecule has 1 rings (SSSR count). The van der Waals surface area contributed by atoms with Gasteiger partial charge in [0, 0.05) is 25.4 Å². The first-order valence-electron chi connectivity index (χ1n) is 8.26. The van der Waals surface area contributed by atoms with Gasteiger partial charge in [-0.1, -0.05) is 19.4 Å². The molecule has 0 radical (unpaired) electrons. The van der Waals surface area contributed by atoms with Gasteiger partial charge in [-0.25, -0.2) is 14.6 Å². The van der Waals surface area contributed by atoms with E-state index < -0.39 is 23.6 Å². The Balaban J connectivity index is 2.92. The molecule has 25 heavy (non-hydrogen) atoms. The van der Waals surface area contributed by atoms with E-state index in [1.165, 1.54) is 7.11 Å². The summed E-state index contributed by atoms with van der Waals surface area (Å²) in [5.41, 5.74) is -0.235. The minimum Gasteiger partial charge on any atom is -0.422 e. The van der Waals surface area contributed by atoms with Crippen molar-refractivity contribution in [3.63, 3.8) is 0 Å². The van der Waals surface area contributed by atoms with Crippen LogP contribution in [-0.2, 0) is 19.0 Å². The lowest BCUT2D eigenvalue weighted by Crippen LogP contribution is -2.42. The molecule has 0 fully saturated rings. The van der Waals surface area contributed by atoms with E-state index in [0.717, 1.165) is 18.5 Å². The van der Waals surface area contributed by atoms with Gasteiger partial charge < -0.3 is 19.5 Å². The van der Waals surface area contributed by atoms with Crippen LogP contribution in [0.25, 0.3) is 0 Å². The Morgan fingerprint density at radius 2 is 2.20 bits per heavy atom. The van der Waals surface area contributed by atoms with Crippen molar-refractivity contribution in [3.05, 3.63) is 11.8 Å². The molecule has 1 atom stereocenters. The summed E-state index contributed by atoms with van der Waals surface area (Å²) in [6, 6.07) is -0.667. The predicted octanol–water partition coefficient (Wildman–Crippen LogP) is 2.58. The molecule has 1 heterocycles. The maximum Gasteiger partial charge on any atom is 0.409 e. The highest BCUT2D eigenvalue weighted by Crippen LogP contribution is 2.22. The maximum absolute atomic E-state index is 11.9. The zero-order valence-electron chi connectivity index (χ0n) is 15.5. The summed E-state index contributed by atoms with van der Waals surface area (Å²) in [5.74, 6) is -0.314. The van der Waals surface area contributed by atoms with Crippen molar-refractivity contribution in [1.82, 2.24) is 5.32 Å². The Bertz CT molecular complexity index is 567. The van der Waals surface area contributed by atoms with E-state index in [1.54, 1.807) is 13.8 Å². The van der Waals surface area contributed by atoms with Crippen molar-refractivity contribution in [2.24, 2.45) is 9.98 Å². The Hall–Kier alpha value is -2.22. The summed E-state index contributed by atoms with van der Waals surface area (Å²) in [5, 5.41) is 2.64. The van der Waals surface area contributed by atoms with E-state index in [-0.39, 0.29) is 12.7 Å². The van der Waals surface area contributed by atoms with Crippen LogP contribution in [0.3, 0.4) is 0 Å². The van der Waals surface area contributed by atoms with Crippen molar-refractivity contribution < 1.29 is 23.8 Å². The van der Waals surface area contributed by atoms with Crippen LogP contribution in [0.5, 0.6) is 0 Å². The van der Waals surface area contributed by atoms with Crippen LogP contribution in [-0.4, -0.2) is 49.7 Å². The number of hydrogen-bond acceptors (Lipinski definition) is 7. The lowest BCUT2D eigenvalue weighted by molar-refractivity contribution is -0.138. The molecule has 1 unspecified atom stereocenters. The summed E-state index contributed by atoms with van der Waals surface area (Å²) < 4.78 is 14.8. The zero-order chi connectivity index (χ0) is 18.9. The summed E-state index contributed by atoms with van der Waals surface area (Å²) in [6.45, 7) is 7.04. The number of rotatable bonds is 9. The number of nitrogens with one attached hydrogen (secondary N) is 1. The molecule has 140 valence electrons. The first kappa shape index (κ1) is 20.8. The Morgan fingerprint density at radius 1 is 1.48 bits per heavy atom. The smallest absolute Gasteiger partial charge is 0.409 e. The highest BCUT2D eigenvalue weighted by Gasteiger charge is 2.40. The van der Waals surface area contributed by atoms with Crippen molar-refractivity contribution in [2.45, 2.75) is 58.5 Å². The number of cyclic esters (lactones) is 1.